The largest absolute Gasteiger partial charge is 0.483 e. The van der Waals surface area contributed by atoms with Gasteiger partial charge in [-0.3, -0.25) is 0 Å². The van der Waals surface area contributed by atoms with Crippen LogP contribution in [0.2, 0.25) is 0 Å². The SMILES string of the molecule is NCc1ccc(OCc2nccs2)c(F)c1. The topological polar surface area (TPSA) is 48.1 Å². The number of rotatable bonds is 4. The maximum absolute atomic E-state index is 13.5. The average molecular weight is 238 g/mol. The van der Waals surface area contributed by atoms with Crippen LogP contribution in [0.5, 0.6) is 5.75 Å². The highest BCUT2D eigenvalue weighted by molar-refractivity contribution is 7.09. The second-order valence-corrected chi connectivity index (χ2v) is 4.16. The molecule has 1 aromatic heterocycles. The van der Waals surface area contributed by atoms with Crippen LogP contribution >= 0.6 is 11.3 Å². The molecular formula is C11H11FN2OS. The minimum atomic E-state index is -0.389. The molecule has 0 radical (unpaired) electrons. The van der Waals surface area contributed by atoms with E-state index < -0.39 is 0 Å². The summed E-state index contributed by atoms with van der Waals surface area (Å²) in [6.45, 7) is 0.611. The molecule has 0 fully saturated rings. The number of hydrogen-bond donors (Lipinski definition) is 1. The molecule has 0 bridgehead atoms. The van der Waals surface area contributed by atoms with E-state index in [2.05, 4.69) is 4.98 Å². The maximum atomic E-state index is 13.5. The molecule has 0 spiro atoms. The van der Waals surface area contributed by atoms with Crippen LogP contribution in [0.1, 0.15) is 10.6 Å². The smallest absolute Gasteiger partial charge is 0.165 e. The molecule has 2 aromatic rings. The fourth-order valence-electron chi connectivity index (χ4n) is 1.25. The Kier molecular flexibility index (Phi) is 3.48. The first kappa shape index (κ1) is 11.0. The van der Waals surface area contributed by atoms with Crippen LogP contribution in [-0.2, 0) is 13.2 Å². The van der Waals surface area contributed by atoms with Crippen molar-refractivity contribution in [3.63, 3.8) is 0 Å². The Morgan fingerprint density at radius 2 is 2.31 bits per heavy atom. The van der Waals surface area contributed by atoms with Crippen LogP contribution in [0.15, 0.2) is 29.8 Å². The third-order valence-electron chi connectivity index (χ3n) is 2.07. The van der Waals surface area contributed by atoms with Crippen LogP contribution in [0.25, 0.3) is 0 Å². The van der Waals surface area contributed by atoms with E-state index in [4.69, 9.17) is 10.5 Å². The molecule has 0 aliphatic carbocycles. The molecule has 84 valence electrons. The van der Waals surface area contributed by atoms with Crippen LogP contribution in [0.3, 0.4) is 0 Å². The molecule has 5 heteroatoms. The van der Waals surface area contributed by atoms with Gasteiger partial charge in [0.1, 0.15) is 11.6 Å². The number of aromatic nitrogens is 1. The molecule has 0 unspecified atom stereocenters. The van der Waals surface area contributed by atoms with Gasteiger partial charge in [0.25, 0.3) is 0 Å². The standard InChI is InChI=1S/C11H11FN2OS/c12-9-5-8(6-13)1-2-10(9)15-7-11-14-3-4-16-11/h1-5H,6-7,13H2. The number of hydrogen-bond acceptors (Lipinski definition) is 4. The zero-order valence-corrected chi connectivity index (χ0v) is 9.34. The third kappa shape index (κ3) is 2.56. The monoisotopic (exact) mass is 238 g/mol. The summed E-state index contributed by atoms with van der Waals surface area (Å²) in [4.78, 5) is 4.05. The Balaban J connectivity index is 2.04. The molecule has 3 nitrogen and oxygen atoms in total. The summed E-state index contributed by atoms with van der Waals surface area (Å²) in [5, 5.41) is 2.68. The number of thiazole rings is 1. The first-order valence-corrected chi connectivity index (χ1v) is 5.67. The summed E-state index contributed by atoms with van der Waals surface area (Å²) >= 11 is 1.48. The van der Waals surface area contributed by atoms with Gasteiger partial charge in [-0.2, -0.15) is 0 Å². The predicted molar refractivity (Wildman–Crippen MR) is 60.7 cm³/mol. The zero-order valence-electron chi connectivity index (χ0n) is 8.52. The summed E-state index contributed by atoms with van der Waals surface area (Å²) < 4.78 is 18.8. The van der Waals surface area contributed by atoms with Gasteiger partial charge in [-0.1, -0.05) is 6.07 Å². The Labute approximate surface area is 96.7 Å². The van der Waals surface area contributed by atoms with Gasteiger partial charge in [0, 0.05) is 18.1 Å². The molecule has 1 heterocycles. The lowest BCUT2D eigenvalue weighted by Crippen LogP contribution is -2.00. The van der Waals surface area contributed by atoms with Gasteiger partial charge in [0.15, 0.2) is 11.6 Å². The van der Waals surface area contributed by atoms with Crippen molar-refractivity contribution in [2.24, 2.45) is 5.73 Å². The minimum absolute atomic E-state index is 0.229. The molecule has 0 atom stereocenters. The van der Waals surface area contributed by atoms with E-state index in [-0.39, 0.29) is 18.2 Å². The van der Waals surface area contributed by atoms with E-state index in [1.54, 1.807) is 18.3 Å². The number of ether oxygens (including phenoxy) is 1. The fraction of sp³-hybridized carbons (Fsp3) is 0.182. The van der Waals surface area contributed by atoms with E-state index in [0.717, 1.165) is 10.6 Å². The maximum Gasteiger partial charge on any atom is 0.165 e. The van der Waals surface area contributed by atoms with Gasteiger partial charge in [-0.15, -0.1) is 11.3 Å². The quantitative estimate of drug-likeness (QED) is 0.889. The number of benzene rings is 1. The molecule has 16 heavy (non-hydrogen) atoms. The van der Waals surface area contributed by atoms with Crippen LogP contribution in [-0.4, -0.2) is 4.98 Å². The lowest BCUT2D eigenvalue weighted by Gasteiger charge is -2.06. The van der Waals surface area contributed by atoms with Crippen molar-refractivity contribution in [1.82, 2.24) is 4.98 Å². The van der Waals surface area contributed by atoms with E-state index in [1.165, 1.54) is 17.4 Å². The average Bonchev–Trinajstić information content (AvgIpc) is 2.80. The summed E-state index contributed by atoms with van der Waals surface area (Å²) in [6.07, 6.45) is 1.69. The summed E-state index contributed by atoms with van der Waals surface area (Å²) in [5.74, 6) is -0.160. The van der Waals surface area contributed by atoms with Crippen molar-refractivity contribution in [3.05, 3.63) is 46.2 Å². The van der Waals surface area contributed by atoms with Gasteiger partial charge >= 0.3 is 0 Å². The first-order chi connectivity index (χ1) is 7.79. The Bertz CT molecular complexity index is 459. The number of halogens is 1. The van der Waals surface area contributed by atoms with E-state index >= 15 is 0 Å². The van der Waals surface area contributed by atoms with Gasteiger partial charge in [-0.25, -0.2) is 9.37 Å². The van der Waals surface area contributed by atoms with Gasteiger partial charge in [-0.05, 0) is 17.7 Å². The molecule has 2 rings (SSSR count). The van der Waals surface area contributed by atoms with E-state index in [0.29, 0.717) is 6.54 Å². The highest BCUT2D eigenvalue weighted by Gasteiger charge is 2.05. The molecule has 0 saturated carbocycles. The Morgan fingerprint density at radius 1 is 1.44 bits per heavy atom. The van der Waals surface area contributed by atoms with Crippen LogP contribution in [0.4, 0.5) is 4.39 Å². The van der Waals surface area contributed by atoms with Crippen LogP contribution < -0.4 is 10.5 Å². The number of nitrogens with zero attached hydrogens (tertiary/aromatic N) is 1. The zero-order chi connectivity index (χ0) is 11.4. The molecule has 0 amide bonds. The summed E-state index contributed by atoms with van der Waals surface area (Å²) in [7, 11) is 0. The molecule has 0 aliphatic heterocycles. The molecule has 2 N–H and O–H groups in total. The molecule has 0 saturated heterocycles. The van der Waals surface area contributed by atoms with Crippen molar-refractivity contribution in [1.29, 1.82) is 0 Å². The minimum Gasteiger partial charge on any atom is -0.483 e. The Hall–Kier alpha value is -1.46. The van der Waals surface area contributed by atoms with Crippen molar-refractivity contribution in [2.45, 2.75) is 13.2 Å². The van der Waals surface area contributed by atoms with Crippen molar-refractivity contribution in [2.75, 3.05) is 0 Å². The van der Waals surface area contributed by atoms with Crippen LogP contribution in [0, 0.1) is 5.82 Å². The first-order valence-electron chi connectivity index (χ1n) is 4.79. The highest BCUT2D eigenvalue weighted by Crippen LogP contribution is 2.19. The van der Waals surface area contributed by atoms with Gasteiger partial charge in [0.2, 0.25) is 0 Å². The summed E-state index contributed by atoms with van der Waals surface area (Å²) in [6, 6.07) is 4.72. The lowest BCUT2D eigenvalue weighted by molar-refractivity contribution is 0.289. The molecule has 0 aliphatic rings. The molecular weight excluding hydrogens is 227 g/mol. The van der Waals surface area contributed by atoms with Gasteiger partial charge in [0.05, 0.1) is 0 Å². The predicted octanol–water partition coefficient (Wildman–Crippen LogP) is 2.32. The fourth-order valence-corrected chi connectivity index (χ4v) is 1.78. The Morgan fingerprint density at radius 3 is 2.94 bits per heavy atom. The van der Waals surface area contributed by atoms with Crippen molar-refractivity contribution in [3.8, 4) is 5.75 Å². The van der Waals surface area contributed by atoms with E-state index in [9.17, 15) is 4.39 Å². The van der Waals surface area contributed by atoms with Crippen molar-refractivity contribution >= 4 is 11.3 Å². The highest BCUT2D eigenvalue weighted by atomic mass is 32.1. The third-order valence-corrected chi connectivity index (χ3v) is 2.82. The lowest BCUT2D eigenvalue weighted by atomic mass is 10.2. The van der Waals surface area contributed by atoms with Gasteiger partial charge < -0.3 is 10.5 Å². The normalized spacial score (nSPS) is 10.4. The van der Waals surface area contributed by atoms with Crippen molar-refractivity contribution < 1.29 is 9.13 Å². The summed E-state index contributed by atoms with van der Waals surface area (Å²) in [5.41, 5.74) is 6.15. The number of nitrogens with two attached hydrogens (primary N) is 1. The second-order valence-electron chi connectivity index (χ2n) is 3.18. The second kappa shape index (κ2) is 5.05. The van der Waals surface area contributed by atoms with E-state index in [1.807, 2.05) is 5.38 Å². The molecule has 1 aromatic carbocycles.